The Bertz CT molecular complexity index is 2790. The van der Waals surface area contributed by atoms with Crippen LogP contribution in [-0.2, 0) is 0 Å². The van der Waals surface area contributed by atoms with Crippen molar-refractivity contribution in [3.8, 4) is 11.1 Å². The van der Waals surface area contributed by atoms with Crippen molar-refractivity contribution in [3.63, 3.8) is 0 Å². The molecule has 0 atom stereocenters. The van der Waals surface area contributed by atoms with Gasteiger partial charge in [-0.05, 0) is 81.9 Å². The molecule has 3 aromatic heterocycles. The summed E-state index contributed by atoms with van der Waals surface area (Å²) >= 11 is 0. The summed E-state index contributed by atoms with van der Waals surface area (Å²) in [6.07, 6.45) is 1.78. The van der Waals surface area contributed by atoms with E-state index in [1.807, 2.05) is 24.3 Å². The van der Waals surface area contributed by atoms with E-state index >= 15 is 0 Å². The van der Waals surface area contributed by atoms with Crippen LogP contribution in [0.1, 0.15) is 0 Å². The summed E-state index contributed by atoms with van der Waals surface area (Å²) in [5, 5.41) is 8.75. The van der Waals surface area contributed by atoms with Gasteiger partial charge in [0.25, 0.3) is 0 Å². The summed E-state index contributed by atoms with van der Waals surface area (Å²) in [4.78, 5) is 6.82. The van der Waals surface area contributed by atoms with E-state index in [2.05, 4.69) is 137 Å². The van der Waals surface area contributed by atoms with Crippen LogP contribution in [0.5, 0.6) is 0 Å². The highest BCUT2D eigenvalue weighted by Crippen LogP contribution is 2.44. The summed E-state index contributed by atoms with van der Waals surface area (Å²) < 4.78 is 13.0. The molecule has 47 heavy (non-hydrogen) atoms. The first-order valence-corrected chi connectivity index (χ1v) is 15.8. The summed E-state index contributed by atoms with van der Waals surface area (Å²) in [6, 6.07) is 53.3. The van der Waals surface area contributed by atoms with Crippen molar-refractivity contribution in [3.05, 3.63) is 158 Å². The molecule has 0 saturated heterocycles. The van der Waals surface area contributed by atoms with Crippen LogP contribution in [0.4, 0.5) is 17.1 Å². The Morgan fingerprint density at radius 2 is 1.15 bits per heavy atom. The van der Waals surface area contributed by atoms with Crippen molar-refractivity contribution in [2.75, 3.05) is 4.90 Å². The average molecular weight is 603 g/mol. The minimum absolute atomic E-state index is 0.653. The molecule has 0 radical (unpaired) electrons. The summed E-state index contributed by atoms with van der Waals surface area (Å²) in [6.45, 7) is 0. The van der Waals surface area contributed by atoms with Gasteiger partial charge in [-0.25, -0.2) is 4.98 Å². The molecular formula is C43H26N2O2. The summed E-state index contributed by atoms with van der Waals surface area (Å²) in [5.74, 6) is 0. The first-order chi connectivity index (χ1) is 23.3. The minimum Gasteiger partial charge on any atom is -0.454 e. The maximum absolute atomic E-state index is 6.59. The third-order valence-electron chi connectivity index (χ3n) is 9.31. The molecule has 10 rings (SSSR count). The number of fused-ring (bicyclic) bond motifs is 10. The van der Waals surface area contributed by atoms with Gasteiger partial charge in [0.15, 0.2) is 5.58 Å². The number of aromatic nitrogens is 1. The van der Waals surface area contributed by atoms with Gasteiger partial charge in [-0.2, -0.15) is 0 Å². The Hall–Kier alpha value is -6.39. The molecule has 3 heterocycles. The SMILES string of the molecule is c1ccc(-c2ccc(N(c3ccc4ccc5ccc6c7cccnc7oc6c5c4c3)c3cccc4c3oc3ccccc34)cc2)cc1. The maximum Gasteiger partial charge on any atom is 0.227 e. The largest absolute Gasteiger partial charge is 0.454 e. The van der Waals surface area contributed by atoms with Crippen LogP contribution in [0, 0.1) is 0 Å². The molecule has 10 aromatic rings. The third-order valence-corrected chi connectivity index (χ3v) is 9.31. The number of hydrogen-bond donors (Lipinski definition) is 0. The van der Waals surface area contributed by atoms with E-state index in [1.54, 1.807) is 6.20 Å². The van der Waals surface area contributed by atoms with Gasteiger partial charge >= 0.3 is 0 Å². The summed E-state index contributed by atoms with van der Waals surface area (Å²) in [5.41, 5.74) is 8.63. The molecule has 0 N–H and O–H groups in total. The molecule has 4 nitrogen and oxygen atoms in total. The number of benzene rings is 7. The molecular weight excluding hydrogens is 576 g/mol. The molecule has 7 aromatic carbocycles. The second kappa shape index (κ2) is 10.1. The van der Waals surface area contributed by atoms with Crippen molar-refractivity contribution in [2.24, 2.45) is 0 Å². The molecule has 0 amide bonds. The predicted molar refractivity (Wildman–Crippen MR) is 194 cm³/mol. The molecule has 220 valence electrons. The van der Waals surface area contributed by atoms with Gasteiger partial charge in [0.1, 0.15) is 11.2 Å². The standard InChI is InChI=1S/C43H26N2O2/c1-2-8-27(9-3-1)28-17-21-31(22-18-28)45(38-13-6-11-34-33-10-4-5-14-39(33)46-41(34)38)32-23-19-29-15-16-30-20-24-35-36-12-7-25-44-43(36)47-42(35)40(30)37(29)26-32/h1-26H. The third kappa shape index (κ3) is 3.98. The highest BCUT2D eigenvalue weighted by molar-refractivity contribution is 6.23. The van der Waals surface area contributed by atoms with Crippen molar-refractivity contribution in [2.45, 2.75) is 0 Å². The first kappa shape index (κ1) is 25.9. The lowest BCUT2D eigenvalue weighted by Gasteiger charge is -2.26. The lowest BCUT2D eigenvalue weighted by Crippen LogP contribution is -2.10. The molecule has 0 saturated carbocycles. The topological polar surface area (TPSA) is 42.4 Å². The van der Waals surface area contributed by atoms with E-state index in [1.165, 1.54) is 11.1 Å². The van der Waals surface area contributed by atoms with Crippen molar-refractivity contribution < 1.29 is 8.83 Å². The van der Waals surface area contributed by atoms with Crippen molar-refractivity contribution in [1.82, 2.24) is 4.98 Å². The Balaban J connectivity index is 1.25. The fourth-order valence-electron chi connectivity index (χ4n) is 7.10. The van der Waals surface area contributed by atoms with Gasteiger partial charge in [-0.3, -0.25) is 0 Å². The monoisotopic (exact) mass is 602 g/mol. The Morgan fingerprint density at radius 3 is 2.06 bits per heavy atom. The number of furan rings is 2. The fourth-order valence-corrected chi connectivity index (χ4v) is 7.10. The Kier molecular flexibility index (Phi) is 5.54. The minimum atomic E-state index is 0.653. The quantitative estimate of drug-likeness (QED) is 0.188. The molecule has 0 aliphatic carbocycles. The zero-order chi connectivity index (χ0) is 30.9. The highest BCUT2D eigenvalue weighted by atomic mass is 16.3. The smallest absolute Gasteiger partial charge is 0.227 e. The van der Waals surface area contributed by atoms with E-state index in [-0.39, 0.29) is 0 Å². The van der Waals surface area contributed by atoms with Crippen LogP contribution in [0.3, 0.4) is 0 Å². The normalized spacial score (nSPS) is 11.8. The van der Waals surface area contributed by atoms with Crippen molar-refractivity contribution in [1.29, 1.82) is 0 Å². The number of rotatable bonds is 4. The Labute approximate surface area is 269 Å². The van der Waals surface area contributed by atoms with Gasteiger partial charge in [0.05, 0.1) is 5.69 Å². The highest BCUT2D eigenvalue weighted by Gasteiger charge is 2.21. The van der Waals surface area contributed by atoms with Crippen LogP contribution >= 0.6 is 0 Å². The van der Waals surface area contributed by atoms with E-state index in [0.717, 1.165) is 76.9 Å². The van der Waals surface area contributed by atoms with Gasteiger partial charge in [-0.1, -0.05) is 97.1 Å². The lowest BCUT2D eigenvalue weighted by atomic mass is 9.98. The molecule has 0 bridgehead atoms. The van der Waals surface area contributed by atoms with Crippen LogP contribution in [0.25, 0.3) is 76.7 Å². The molecule has 0 aliphatic rings. The lowest BCUT2D eigenvalue weighted by molar-refractivity contribution is 0.658. The van der Waals surface area contributed by atoms with Gasteiger partial charge < -0.3 is 13.7 Å². The van der Waals surface area contributed by atoms with Gasteiger partial charge in [-0.15, -0.1) is 0 Å². The second-order valence-electron chi connectivity index (χ2n) is 12.0. The molecule has 0 aliphatic heterocycles. The van der Waals surface area contributed by atoms with Crippen LogP contribution in [-0.4, -0.2) is 4.98 Å². The average Bonchev–Trinajstić information content (AvgIpc) is 3.71. The Morgan fingerprint density at radius 1 is 0.447 bits per heavy atom. The van der Waals surface area contributed by atoms with Crippen molar-refractivity contribution >= 4 is 82.6 Å². The van der Waals surface area contributed by atoms with Gasteiger partial charge in [0.2, 0.25) is 5.71 Å². The van der Waals surface area contributed by atoms with Crippen LogP contribution in [0.15, 0.2) is 167 Å². The zero-order valence-electron chi connectivity index (χ0n) is 25.2. The fraction of sp³-hybridized carbons (Fsp3) is 0. The molecule has 0 unspecified atom stereocenters. The maximum atomic E-state index is 6.59. The second-order valence-corrected chi connectivity index (χ2v) is 12.0. The van der Waals surface area contributed by atoms with Crippen LogP contribution < -0.4 is 4.90 Å². The number of nitrogens with zero attached hydrogens (tertiary/aromatic N) is 2. The number of para-hydroxylation sites is 2. The predicted octanol–water partition coefficient (Wildman–Crippen LogP) is 12.3. The molecule has 0 spiro atoms. The summed E-state index contributed by atoms with van der Waals surface area (Å²) in [7, 11) is 0. The van der Waals surface area contributed by atoms with E-state index in [4.69, 9.17) is 8.83 Å². The van der Waals surface area contributed by atoms with E-state index < -0.39 is 0 Å². The van der Waals surface area contributed by atoms with Crippen LogP contribution in [0.2, 0.25) is 0 Å². The van der Waals surface area contributed by atoms with E-state index in [0.29, 0.717) is 5.71 Å². The first-order valence-electron chi connectivity index (χ1n) is 15.8. The number of pyridine rings is 1. The molecule has 0 fully saturated rings. The van der Waals surface area contributed by atoms with Gasteiger partial charge in [0, 0.05) is 44.5 Å². The van der Waals surface area contributed by atoms with E-state index in [9.17, 15) is 0 Å². The molecule has 4 heteroatoms. The zero-order valence-corrected chi connectivity index (χ0v) is 25.2. The number of hydrogen-bond acceptors (Lipinski definition) is 4. The number of anilines is 3.